The number of rotatable bonds is 0. The van der Waals surface area contributed by atoms with Crippen LogP contribution in [0.1, 0.15) is 0 Å². The number of aromatic nitrogens is 6. The third kappa shape index (κ3) is 1.13. The third-order valence-electron chi connectivity index (χ3n) is 3.47. The fourth-order valence-electron chi connectivity index (χ4n) is 2.58. The van der Waals surface area contributed by atoms with E-state index in [1.165, 1.54) is 0 Å². The van der Waals surface area contributed by atoms with Crippen molar-refractivity contribution in [2.24, 2.45) is 0 Å². The topological polar surface area (TPSA) is 83.1 Å². The van der Waals surface area contributed by atoms with Gasteiger partial charge >= 0.3 is 0 Å². The van der Waals surface area contributed by atoms with E-state index < -0.39 is 0 Å². The van der Waals surface area contributed by atoms with Crippen LogP contribution in [0.4, 0.5) is 0 Å². The molecule has 0 saturated carbocycles. The number of pyridine rings is 2. The number of fused-ring (bicyclic) bond motifs is 6. The van der Waals surface area contributed by atoms with Crippen LogP contribution in [0.3, 0.4) is 0 Å². The van der Waals surface area contributed by atoms with Crippen molar-refractivity contribution in [3.63, 3.8) is 0 Å². The smallest absolute Gasteiger partial charge is 0.161 e. The van der Waals surface area contributed by atoms with E-state index in [2.05, 4.69) is 24.9 Å². The molecule has 6 heteroatoms. The van der Waals surface area contributed by atoms with Crippen LogP contribution in [0.5, 0.6) is 0 Å². The Hall–Kier alpha value is -3.02. The fourth-order valence-corrected chi connectivity index (χ4v) is 2.58. The number of hydrogen-bond acceptors (Lipinski definition) is 4. The van der Waals surface area contributed by atoms with Gasteiger partial charge in [-0.2, -0.15) is 0 Å². The van der Waals surface area contributed by atoms with Gasteiger partial charge in [0.2, 0.25) is 0 Å². The first-order valence-corrected chi connectivity index (χ1v) is 6.27. The van der Waals surface area contributed by atoms with Crippen molar-refractivity contribution in [3.8, 4) is 0 Å². The summed E-state index contributed by atoms with van der Waals surface area (Å²) in [5, 5.41) is 0. The number of hydrogen-bond donors (Lipinski definition) is 2. The molecule has 0 fully saturated rings. The highest BCUT2D eigenvalue weighted by Crippen LogP contribution is 2.26. The lowest BCUT2D eigenvalue weighted by Gasteiger charge is -1.91. The SMILES string of the molecule is c1cnc2c(c1)[nH]c1nc3[nH]c4cccnc4c3nc12. The van der Waals surface area contributed by atoms with Gasteiger partial charge in [0.05, 0.1) is 11.0 Å². The average molecular weight is 260 g/mol. The Morgan fingerprint density at radius 3 is 1.75 bits per heavy atom. The molecule has 0 aliphatic carbocycles. The Labute approximate surface area is 111 Å². The number of nitrogens with one attached hydrogen (secondary N) is 2. The van der Waals surface area contributed by atoms with E-state index in [0.717, 1.165) is 44.4 Å². The van der Waals surface area contributed by atoms with Crippen LogP contribution in [-0.2, 0) is 0 Å². The second-order valence-electron chi connectivity index (χ2n) is 4.67. The summed E-state index contributed by atoms with van der Waals surface area (Å²) in [6.07, 6.45) is 3.52. The average Bonchev–Trinajstić information content (AvgIpc) is 3.02. The number of nitrogens with zero attached hydrogens (tertiary/aromatic N) is 4. The molecule has 0 aromatic carbocycles. The van der Waals surface area contributed by atoms with E-state index >= 15 is 0 Å². The molecule has 6 nitrogen and oxygen atoms in total. The lowest BCUT2D eigenvalue weighted by Crippen LogP contribution is -1.84. The molecule has 0 unspecified atom stereocenters. The summed E-state index contributed by atoms with van der Waals surface area (Å²) < 4.78 is 0. The van der Waals surface area contributed by atoms with Crippen molar-refractivity contribution in [1.82, 2.24) is 29.9 Å². The number of H-pyrrole nitrogens is 2. The Morgan fingerprint density at radius 1 is 0.650 bits per heavy atom. The Balaban J connectivity index is 2.06. The molecule has 94 valence electrons. The largest absolute Gasteiger partial charge is 0.336 e. The van der Waals surface area contributed by atoms with Crippen LogP contribution in [0.25, 0.3) is 44.4 Å². The van der Waals surface area contributed by atoms with Gasteiger partial charge in [0.1, 0.15) is 22.1 Å². The predicted octanol–water partition coefficient (Wildman–Crippen LogP) is 2.54. The molecule has 0 amide bonds. The van der Waals surface area contributed by atoms with Crippen molar-refractivity contribution in [2.75, 3.05) is 0 Å². The second-order valence-corrected chi connectivity index (χ2v) is 4.67. The zero-order chi connectivity index (χ0) is 13.1. The predicted molar refractivity (Wildman–Crippen MR) is 76.3 cm³/mol. The van der Waals surface area contributed by atoms with Crippen LogP contribution < -0.4 is 0 Å². The van der Waals surface area contributed by atoms with Crippen LogP contribution in [0, 0.1) is 0 Å². The fraction of sp³-hybridized carbons (Fsp3) is 0. The van der Waals surface area contributed by atoms with E-state index in [-0.39, 0.29) is 0 Å². The van der Waals surface area contributed by atoms with E-state index in [4.69, 9.17) is 4.98 Å². The van der Waals surface area contributed by atoms with Gasteiger partial charge in [-0.25, -0.2) is 9.97 Å². The molecule has 0 bridgehead atoms. The molecule has 0 atom stereocenters. The first-order chi connectivity index (χ1) is 9.90. The summed E-state index contributed by atoms with van der Waals surface area (Å²) >= 11 is 0. The highest BCUT2D eigenvalue weighted by molar-refractivity contribution is 6.07. The van der Waals surface area contributed by atoms with Gasteiger partial charge in [0.15, 0.2) is 11.3 Å². The van der Waals surface area contributed by atoms with Crippen molar-refractivity contribution in [3.05, 3.63) is 36.7 Å². The van der Waals surface area contributed by atoms with Gasteiger partial charge in [-0.15, -0.1) is 0 Å². The quantitative estimate of drug-likeness (QED) is 0.448. The molecule has 0 aliphatic heterocycles. The highest BCUT2D eigenvalue weighted by Gasteiger charge is 2.13. The summed E-state index contributed by atoms with van der Waals surface area (Å²) in [6.45, 7) is 0. The van der Waals surface area contributed by atoms with Crippen molar-refractivity contribution < 1.29 is 0 Å². The zero-order valence-electron chi connectivity index (χ0n) is 10.3. The van der Waals surface area contributed by atoms with Crippen LogP contribution >= 0.6 is 0 Å². The van der Waals surface area contributed by atoms with Gasteiger partial charge in [0.25, 0.3) is 0 Å². The summed E-state index contributed by atoms with van der Waals surface area (Å²) in [6, 6.07) is 7.72. The van der Waals surface area contributed by atoms with Gasteiger partial charge in [0, 0.05) is 12.4 Å². The molecular weight excluding hydrogens is 252 g/mol. The molecular formula is C14H8N6. The monoisotopic (exact) mass is 260 g/mol. The van der Waals surface area contributed by atoms with Gasteiger partial charge < -0.3 is 9.97 Å². The standard InChI is InChI=1S/C14H8N6/c1-3-7-9(15-5-1)11-13(17-7)20-14-12(19-11)10-8(18-14)4-2-6-16-10/h1-6H,(H2,17,18,20). The maximum absolute atomic E-state index is 4.70. The molecule has 0 radical (unpaired) electrons. The number of aromatic amines is 2. The Morgan fingerprint density at radius 2 is 1.20 bits per heavy atom. The highest BCUT2D eigenvalue weighted by atomic mass is 15.0. The maximum atomic E-state index is 4.70. The molecule has 5 rings (SSSR count). The van der Waals surface area contributed by atoms with Crippen molar-refractivity contribution in [2.45, 2.75) is 0 Å². The zero-order valence-corrected chi connectivity index (χ0v) is 10.3. The first kappa shape index (κ1) is 9.85. The normalized spacial score (nSPS) is 12.0. The molecule has 5 aromatic rings. The first-order valence-electron chi connectivity index (χ1n) is 6.27. The molecule has 20 heavy (non-hydrogen) atoms. The molecule has 5 aromatic heterocycles. The maximum Gasteiger partial charge on any atom is 0.161 e. The third-order valence-corrected chi connectivity index (χ3v) is 3.47. The minimum absolute atomic E-state index is 0.734. The van der Waals surface area contributed by atoms with E-state index in [9.17, 15) is 0 Å². The summed E-state index contributed by atoms with van der Waals surface area (Å²) in [5.74, 6) is 0. The minimum atomic E-state index is 0.734. The van der Waals surface area contributed by atoms with Gasteiger partial charge in [-0.05, 0) is 24.3 Å². The molecule has 0 aliphatic rings. The summed E-state index contributed by atoms with van der Waals surface area (Å²) in [4.78, 5) is 24.5. The lowest BCUT2D eigenvalue weighted by molar-refractivity contribution is 1.32. The Bertz CT molecular complexity index is 1020. The van der Waals surface area contributed by atoms with E-state index in [0.29, 0.717) is 0 Å². The van der Waals surface area contributed by atoms with Crippen molar-refractivity contribution in [1.29, 1.82) is 0 Å². The van der Waals surface area contributed by atoms with E-state index in [1.807, 2.05) is 24.3 Å². The molecule has 0 spiro atoms. The Kier molecular flexibility index (Phi) is 1.62. The second kappa shape index (κ2) is 3.30. The van der Waals surface area contributed by atoms with Crippen LogP contribution in [0.2, 0.25) is 0 Å². The van der Waals surface area contributed by atoms with E-state index in [1.54, 1.807) is 12.4 Å². The molecule has 2 N–H and O–H groups in total. The molecule has 5 heterocycles. The van der Waals surface area contributed by atoms with Crippen LogP contribution in [0.15, 0.2) is 36.7 Å². The minimum Gasteiger partial charge on any atom is -0.336 e. The van der Waals surface area contributed by atoms with Crippen LogP contribution in [-0.4, -0.2) is 29.9 Å². The van der Waals surface area contributed by atoms with Gasteiger partial charge in [-0.3, -0.25) is 9.97 Å². The van der Waals surface area contributed by atoms with Gasteiger partial charge in [-0.1, -0.05) is 0 Å². The summed E-state index contributed by atoms with van der Waals surface area (Å²) in [5.41, 5.74) is 6.57. The van der Waals surface area contributed by atoms with Crippen molar-refractivity contribution >= 4 is 44.4 Å². The summed E-state index contributed by atoms with van der Waals surface area (Å²) in [7, 11) is 0. The lowest BCUT2D eigenvalue weighted by atomic mass is 10.3. The molecule has 0 saturated heterocycles.